The second-order valence-corrected chi connectivity index (χ2v) is 10.3. The van der Waals surface area contributed by atoms with Crippen LogP contribution in [-0.2, 0) is 9.59 Å². The van der Waals surface area contributed by atoms with Gasteiger partial charge < -0.3 is 20.4 Å². The van der Waals surface area contributed by atoms with Gasteiger partial charge in [-0.15, -0.1) is 11.3 Å². The monoisotopic (exact) mass is 517 g/mol. The number of urea groups is 1. The molecular weight excluding hydrogens is 486 g/mol. The number of aromatic nitrogens is 1. The summed E-state index contributed by atoms with van der Waals surface area (Å²) in [4.78, 5) is 48.1. The van der Waals surface area contributed by atoms with Gasteiger partial charge in [0.15, 0.2) is 5.13 Å². The van der Waals surface area contributed by atoms with Crippen molar-refractivity contribution in [2.75, 3.05) is 25.0 Å². The number of carbonyl (C=O) groups is 3. The molecule has 2 N–H and O–H groups in total. The molecule has 2 fully saturated rings. The summed E-state index contributed by atoms with van der Waals surface area (Å²) in [5.74, 6) is -0.521. The summed E-state index contributed by atoms with van der Waals surface area (Å²) in [6.45, 7) is 1.84. The number of nitrogens with one attached hydrogen (secondary N) is 2. The van der Waals surface area contributed by atoms with Gasteiger partial charge in [0.2, 0.25) is 5.91 Å². The number of rotatable bonds is 6. The van der Waals surface area contributed by atoms with Crippen LogP contribution in [0.4, 0.5) is 9.93 Å². The average molecular weight is 518 g/mol. The maximum absolute atomic E-state index is 13.8. The van der Waals surface area contributed by atoms with E-state index in [1.807, 2.05) is 66.0 Å². The van der Waals surface area contributed by atoms with Gasteiger partial charge in [-0.1, -0.05) is 60.7 Å². The number of nitrogens with zero attached hydrogens (tertiary/aromatic N) is 3. The fourth-order valence-corrected chi connectivity index (χ4v) is 5.70. The smallest absolute Gasteiger partial charge is 0.318 e. The SMILES string of the molecule is O=C(Nc1nc(-c2ccccc2)cs1)[C@@H]1CCCN1C(=O)[C@H](NC(=O)N1CCCCC1)c1ccccc1. The predicted molar refractivity (Wildman–Crippen MR) is 144 cm³/mol. The summed E-state index contributed by atoms with van der Waals surface area (Å²) in [6.07, 6.45) is 4.33. The van der Waals surface area contributed by atoms with Crippen molar-refractivity contribution in [3.63, 3.8) is 0 Å². The highest BCUT2D eigenvalue weighted by Gasteiger charge is 2.39. The van der Waals surface area contributed by atoms with Gasteiger partial charge in [-0.05, 0) is 37.7 Å². The summed E-state index contributed by atoms with van der Waals surface area (Å²) in [5, 5.41) is 8.28. The van der Waals surface area contributed by atoms with E-state index in [1.54, 1.807) is 9.80 Å². The first-order valence-electron chi connectivity index (χ1n) is 12.8. The topological polar surface area (TPSA) is 94.6 Å². The molecule has 2 aliphatic heterocycles. The van der Waals surface area contributed by atoms with Crippen LogP contribution in [-0.4, -0.2) is 58.3 Å². The maximum atomic E-state index is 13.8. The summed E-state index contributed by atoms with van der Waals surface area (Å²) in [7, 11) is 0. The first kappa shape index (κ1) is 25.0. The molecule has 2 atom stereocenters. The van der Waals surface area contributed by atoms with Gasteiger partial charge in [0.1, 0.15) is 12.1 Å². The van der Waals surface area contributed by atoms with E-state index in [2.05, 4.69) is 15.6 Å². The molecule has 2 saturated heterocycles. The van der Waals surface area contributed by atoms with Crippen LogP contribution in [0.2, 0.25) is 0 Å². The molecule has 0 bridgehead atoms. The minimum Gasteiger partial charge on any atom is -0.329 e. The highest BCUT2D eigenvalue weighted by atomic mass is 32.1. The molecule has 3 aromatic rings. The van der Waals surface area contributed by atoms with Crippen molar-refractivity contribution < 1.29 is 14.4 Å². The molecule has 3 heterocycles. The number of benzene rings is 2. The first-order chi connectivity index (χ1) is 18.1. The maximum Gasteiger partial charge on any atom is 0.318 e. The predicted octanol–water partition coefficient (Wildman–Crippen LogP) is 4.68. The van der Waals surface area contributed by atoms with E-state index in [-0.39, 0.29) is 17.8 Å². The van der Waals surface area contributed by atoms with Crippen LogP contribution < -0.4 is 10.6 Å². The Labute approximate surface area is 220 Å². The van der Waals surface area contributed by atoms with Crippen molar-refractivity contribution in [3.8, 4) is 11.3 Å². The molecule has 0 spiro atoms. The molecule has 4 amide bonds. The number of hydrogen-bond acceptors (Lipinski definition) is 5. The molecule has 8 nitrogen and oxygen atoms in total. The number of likely N-dealkylation sites (tertiary alicyclic amines) is 2. The van der Waals surface area contributed by atoms with Crippen LogP contribution in [0.1, 0.15) is 43.7 Å². The Morgan fingerprint density at radius 2 is 1.59 bits per heavy atom. The van der Waals surface area contributed by atoms with Gasteiger partial charge in [-0.25, -0.2) is 9.78 Å². The third-order valence-corrected chi connectivity index (χ3v) is 7.69. The van der Waals surface area contributed by atoms with E-state index in [9.17, 15) is 14.4 Å². The number of hydrogen-bond donors (Lipinski definition) is 2. The van der Waals surface area contributed by atoms with Crippen molar-refractivity contribution in [1.29, 1.82) is 0 Å². The van der Waals surface area contributed by atoms with Crippen LogP contribution in [0.25, 0.3) is 11.3 Å². The van der Waals surface area contributed by atoms with Crippen molar-refractivity contribution in [2.24, 2.45) is 0 Å². The third kappa shape index (κ3) is 5.83. The lowest BCUT2D eigenvalue weighted by Crippen LogP contribution is -2.51. The molecule has 0 radical (unpaired) electrons. The van der Waals surface area contributed by atoms with Gasteiger partial charge in [0.25, 0.3) is 5.91 Å². The molecule has 0 saturated carbocycles. The van der Waals surface area contributed by atoms with Crippen LogP contribution in [0.15, 0.2) is 66.0 Å². The molecule has 2 aliphatic rings. The molecule has 0 unspecified atom stereocenters. The van der Waals surface area contributed by atoms with Crippen molar-refractivity contribution in [2.45, 2.75) is 44.2 Å². The second-order valence-electron chi connectivity index (χ2n) is 9.42. The standard InChI is InChI=1S/C28H31N5O3S/c34-25(31-27-29-22(19-37-27)20-11-4-1-5-12-20)23-15-10-18-33(23)26(35)24(21-13-6-2-7-14-21)30-28(36)32-16-8-3-9-17-32/h1-2,4-7,11-14,19,23-24H,3,8-10,15-18H2,(H,30,36)(H,29,31,34)/t23-,24+/m0/s1. The number of anilines is 1. The lowest BCUT2D eigenvalue weighted by molar-refractivity contribution is -0.138. The van der Waals surface area contributed by atoms with Gasteiger partial charge >= 0.3 is 6.03 Å². The van der Waals surface area contributed by atoms with Crippen molar-refractivity contribution >= 4 is 34.3 Å². The molecule has 192 valence electrons. The van der Waals surface area contributed by atoms with Crippen LogP contribution in [0, 0.1) is 0 Å². The Hall–Kier alpha value is -3.72. The molecule has 5 rings (SSSR count). The minimum absolute atomic E-state index is 0.238. The number of amides is 4. The third-order valence-electron chi connectivity index (χ3n) is 6.93. The second kappa shape index (κ2) is 11.6. The van der Waals surface area contributed by atoms with Crippen LogP contribution in [0.5, 0.6) is 0 Å². The Morgan fingerprint density at radius 1 is 0.892 bits per heavy atom. The van der Waals surface area contributed by atoms with E-state index >= 15 is 0 Å². The van der Waals surface area contributed by atoms with E-state index < -0.39 is 12.1 Å². The molecule has 9 heteroatoms. The number of thiazole rings is 1. The highest BCUT2D eigenvalue weighted by Crippen LogP contribution is 2.28. The Balaban J connectivity index is 1.30. The zero-order valence-corrected chi connectivity index (χ0v) is 21.5. The first-order valence-corrected chi connectivity index (χ1v) is 13.7. The van der Waals surface area contributed by atoms with Gasteiger partial charge in [0.05, 0.1) is 5.69 Å². The fraction of sp³-hybridized carbons (Fsp3) is 0.357. The van der Waals surface area contributed by atoms with Crippen LogP contribution >= 0.6 is 11.3 Å². The van der Waals surface area contributed by atoms with Crippen molar-refractivity contribution in [3.05, 3.63) is 71.6 Å². The quantitative estimate of drug-likeness (QED) is 0.497. The Bertz CT molecular complexity index is 1230. The zero-order chi connectivity index (χ0) is 25.6. The van der Waals surface area contributed by atoms with Gasteiger partial charge in [-0.3, -0.25) is 9.59 Å². The Morgan fingerprint density at radius 3 is 2.32 bits per heavy atom. The summed E-state index contributed by atoms with van der Waals surface area (Å²) in [6, 6.07) is 17.3. The molecule has 1 aromatic heterocycles. The lowest BCUT2D eigenvalue weighted by atomic mass is 10.0. The molecule has 2 aromatic carbocycles. The summed E-state index contributed by atoms with van der Waals surface area (Å²) < 4.78 is 0. The van der Waals surface area contributed by atoms with E-state index in [0.29, 0.717) is 36.8 Å². The largest absolute Gasteiger partial charge is 0.329 e. The highest BCUT2D eigenvalue weighted by molar-refractivity contribution is 7.14. The van der Waals surface area contributed by atoms with E-state index in [1.165, 1.54) is 11.3 Å². The van der Waals surface area contributed by atoms with Gasteiger partial charge in [0, 0.05) is 30.6 Å². The van der Waals surface area contributed by atoms with E-state index in [0.717, 1.165) is 36.9 Å². The van der Waals surface area contributed by atoms with Gasteiger partial charge in [-0.2, -0.15) is 0 Å². The fourth-order valence-electron chi connectivity index (χ4n) is 4.98. The lowest BCUT2D eigenvalue weighted by Gasteiger charge is -2.32. The molecular formula is C28H31N5O3S. The molecule has 0 aliphatic carbocycles. The Kier molecular flexibility index (Phi) is 7.79. The summed E-state index contributed by atoms with van der Waals surface area (Å²) in [5.41, 5.74) is 2.48. The normalized spacial score (nSPS) is 18.3. The van der Waals surface area contributed by atoms with Crippen molar-refractivity contribution in [1.82, 2.24) is 20.1 Å². The number of carbonyl (C=O) groups excluding carboxylic acids is 3. The van der Waals surface area contributed by atoms with Crippen LogP contribution in [0.3, 0.4) is 0 Å². The minimum atomic E-state index is -0.853. The molecule has 37 heavy (non-hydrogen) atoms. The summed E-state index contributed by atoms with van der Waals surface area (Å²) >= 11 is 1.36. The number of piperidine rings is 1. The average Bonchev–Trinajstić information content (AvgIpc) is 3.63. The zero-order valence-electron chi connectivity index (χ0n) is 20.6. The van der Waals surface area contributed by atoms with E-state index in [4.69, 9.17) is 0 Å².